The summed E-state index contributed by atoms with van der Waals surface area (Å²) in [6.45, 7) is 9.46. The Hall–Kier alpha value is -2.53. The Morgan fingerprint density at radius 1 is 1.29 bits per heavy atom. The van der Waals surface area contributed by atoms with Crippen LogP contribution in [0.2, 0.25) is 0 Å². The van der Waals surface area contributed by atoms with Gasteiger partial charge in [0.2, 0.25) is 5.72 Å². The summed E-state index contributed by atoms with van der Waals surface area (Å²) in [5.74, 6) is 1.09. The molecule has 5 heteroatoms. The Morgan fingerprint density at radius 2 is 2.07 bits per heavy atom. The minimum Gasteiger partial charge on any atom is -0.494 e. The average molecular weight is 378 g/mol. The van der Waals surface area contributed by atoms with E-state index in [1.807, 2.05) is 42.2 Å². The third-order valence-corrected chi connectivity index (χ3v) is 6.25. The molecule has 3 aliphatic rings. The monoisotopic (exact) mass is 378 g/mol. The largest absolute Gasteiger partial charge is 0.494 e. The van der Waals surface area contributed by atoms with Gasteiger partial charge >= 0.3 is 0 Å². The van der Waals surface area contributed by atoms with E-state index < -0.39 is 5.72 Å². The predicted molar refractivity (Wildman–Crippen MR) is 109 cm³/mol. The summed E-state index contributed by atoms with van der Waals surface area (Å²) in [4.78, 5) is 15.8. The zero-order chi connectivity index (χ0) is 19.7. The number of para-hydroxylation sites is 1. The highest BCUT2D eigenvalue weighted by Crippen LogP contribution is 2.56. The lowest BCUT2D eigenvalue weighted by atomic mass is 9.80. The molecule has 0 saturated carbocycles. The van der Waals surface area contributed by atoms with E-state index in [0.717, 1.165) is 40.2 Å². The molecule has 1 spiro atoms. The van der Waals surface area contributed by atoms with E-state index in [0.29, 0.717) is 19.1 Å². The van der Waals surface area contributed by atoms with Crippen LogP contribution < -0.4 is 15.0 Å². The van der Waals surface area contributed by atoms with Crippen molar-refractivity contribution in [2.24, 2.45) is 0 Å². The number of nitrogens with zero attached hydrogens (tertiary/aromatic N) is 1. The first-order valence-corrected chi connectivity index (χ1v) is 10.0. The number of ether oxygens (including phenoxy) is 2. The maximum Gasteiger partial charge on any atom is 0.285 e. The van der Waals surface area contributed by atoms with Crippen LogP contribution in [0, 0.1) is 0 Å². The van der Waals surface area contributed by atoms with Crippen LogP contribution in [0.4, 0.5) is 11.4 Å². The van der Waals surface area contributed by atoms with Gasteiger partial charge in [-0.2, -0.15) is 0 Å². The van der Waals surface area contributed by atoms with Crippen molar-refractivity contribution < 1.29 is 14.3 Å². The number of carbonyl (C=O) groups is 1. The lowest BCUT2D eigenvalue weighted by Crippen LogP contribution is -2.56. The summed E-state index contributed by atoms with van der Waals surface area (Å²) < 4.78 is 12.2. The number of carbonyl (C=O) groups excluding carboxylic acids is 1. The van der Waals surface area contributed by atoms with Gasteiger partial charge in [0.1, 0.15) is 5.75 Å². The van der Waals surface area contributed by atoms with Crippen LogP contribution in [0.15, 0.2) is 36.4 Å². The molecule has 0 bridgehead atoms. The maximum atomic E-state index is 13.9. The molecule has 0 aliphatic carbocycles. The van der Waals surface area contributed by atoms with Crippen LogP contribution in [-0.2, 0) is 21.9 Å². The number of hydrogen-bond donors (Lipinski definition) is 1. The molecule has 2 atom stereocenters. The van der Waals surface area contributed by atoms with Crippen molar-refractivity contribution in [3.8, 4) is 5.75 Å². The van der Waals surface area contributed by atoms with Crippen LogP contribution in [0.5, 0.6) is 5.75 Å². The number of hydrogen-bond acceptors (Lipinski definition) is 4. The molecule has 28 heavy (non-hydrogen) atoms. The standard InChI is InChI=1S/C23H26N2O3/c1-5-27-16-10-17-14(2)12-22(3,4)25-20(17)18(11-16)23(21(25)26)24-19-9-7-6-8-15(19)13-28-23/h6-11,14,24H,5,12-13H2,1-4H3/t14-,23-/m0/s1. The van der Waals surface area contributed by atoms with E-state index in [4.69, 9.17) is 9.47 Å². The van der Waals surface area contributed by atoms with Crippen LogP contribution >= 0.6 is 0 Å². The highest BCUT2D eigenvalue weighted by Gasteiger charge is 2.60. The van der Waals surface area contributed by atoms with Crippen LogP contribution in [0.1, 0.15) is 56.7 Å². The quantitative estimate of drug-likeness (QED) is 0.835. The average Bonchev–Trinajstić information content (AvgIpc) is 2.89. The molecular formula is C23H26N2O3. The van der Waals surface area contributed by atoms with E-state index in [9.17, 15) is 4.79 Å². The normalized spacial score (nSPS) is 26.6. The Kier molecular flexibility index (Phi) is 3.60. The Morgan fingerprint density at radius 3 is 2.86 bits per heavy atom. The minimum absolute atomic E-state index is 0.0381. The van der Waals surface area contributed by atoms with Gasteiger partial charge < -0.3 is 19.7 Å². The first kappa shape index (κ1) is 17.6. The van der Waals surface area contributed by atoms with Gasteiger partial charge in [-0.25, -0.2) is 0 Å². The first-order chi connectivity index (χ1) is 13.4. The van der Waals surface area contributed by atoms with Crippen LogP contribution in [0.25, 0.3) is 0 Å². The van der Waals surface area contributed by atoms with Gasteiger partial charge in [0.15, 0.2) is 0 Å². The molecule has 5 nitrogen and oxygen atoms in total. The molecule has 146 valence electrons. The van der Waals surface area contributed by atoms with Gasteiger partial charge in [0.05, 0.1) is 18.9 Å². The molecule has 2 aromatic rings. The molecule has 0 unspecified atom stereocenters. The van der Waals surface area contributed by atoms with Gasteiger partial charge in [-0.1, -0.05) is 25.1 Å². The molecule has 0 fully saturated rings. The molecule has 0 aromatic heterocycles. The predicted octanol–water partition coefficient (Wildman–Crippen LogP) is 4.51. The van der Waals surface area contributed by atoms with Crippen molar-refractivity contribution in [3.63, 3.8) is 0 Å². The molecule has 3 heterocycles. The van der Waals surface area contributed by atoms with Crippen LogP contribution in [0.3, 0.4) is 0 Å². The van der Waals surface area contributed by atoms with Gasteiger partial charge in [-0.15, -0.1) is 0 Å². The SMILES string of the molecule is CCOc1cc2c3c(c1)[C@@]1(Nc4ccccc4CO1)C(=O)N3C(C)(C)C[C@@H]2C. The number of anilines is 2. The molecule has 1 N–H and O–H groups in total. The number of fused-ring (bicyclic) bond motifs is 2. The van der Waals surface area contributed by atoms with Gasteiger partial charge in [0.25, 0.3) is 5.91 Å². The minimum atomic E-state index is -1.20. The molecular weight excluding hydrogens is 352 g/mol. The van der Waals surface area contributed by atoms with E-state index in [2.05, 4.69) is 32.2 Å². The third kappa shape index (κ3) is 2.20. The van der Waals surface area contributed by atoms with Crippen molar-refractivity contribution in [2.45, 2.75) is 57.9 Å². The fourth-order valence-corrected chi connectivity index (χ4v) is 5.12. The lowest BCUT2D eigenvalue weighted by Gasteiger charge is -2.44. The smallest absolute Gasteiger partial charge is 0.285 e. The molecule has 1 amide bonds. The zero-order valence-corrected chi connectivity index (χ0v) is 16.8. The van der Waals surface area contributed by atoms with Crippen molar-refractivity contribution in [3.05, 3.63) is 53.1 Å². The van der Waals surface area contributed by atoms with Crippen molar-refractivity contribution in [2.75, 3.05) is 16.8 Å². The van der Waals surface area contributed by atoms with Crippen molar-refractivity contribution in [1.82, 2.24) is 0 Å². The molecule has 5 rings (SSSR count). The second-order valence-electron chi connectivity index (χ2n) is 8.65. The van der Waals surface area contributed by atoms with Gasteiger partial charge in [-0.05, 0) is 56.9 Å². The summed E-state index contributed by atoms with van der Waals surface area (Å²) >= 11 is 0. The number of rotatable bonds is 2. The zero-order valence-electron chi connectivity index (χ0n) is 16.8. The molecule has 0 saturated heterocycles. The topological polar surface area (TPSA) is 50.8 Å². The summed E-state index contributed by atoms with van der Waals surface area (Å²) in [7, 11) is 0. The maximum absolute atomic E-state index is 13.9. The van der Waals surface area contributed by atoms with Crippen LogP contribution in [-0.4, -0.2) is 18.1 Å². The summed E-state index contributed by atoms with van der Waals surface area (Å²) in [6, 6.07) is 12.1. The number of benzene rings is 2. The highest BCUT2D eigenvalue weighted by molar-refractivity contribution is 6.11. The summed E-state index contributed by atoms with van der Waals surface area (Å²) in [5.41, 5.74) is 3.54. The highest BCUT2D eigenvalue weighted by atomic mass is 16.5. The fraction of sp³-hybridized carbons (Fsp3) is 0.435. The first-order valence-electron chi connectivity index (χ1n) is 10.0. The third-order valence-electron chi connectivity index (χ3n) is 6.25. The summed E-state index contributed by atoms with van der Waals surface area (Å²) in [5, 5.41) is 3.45. The van der Waals surface area contributed by atoms with E-state index >= 15 is 0 Å². The van der Waals surface area contributed by atoms with Crippen molar-refractivity contribution in [1.29, 1.82) is 0 Å². The molecule has 2 aromatic carbocycles. The Labute approximate surface area is 165 Å². The lowest BCUT2D eigenvalue weighted by molar-refractivity contribution is -0.143. The van der Waals surface area contributed by atoms with E-state index in [1.54, 1.807) is 0 Å². The summed E-state index contributed by atoms with van der Waals surface area (Å²) in [6.07, 6.45) is 0.896. The van der Waals surface area contributed by atoms with Gasteiger partial charge in [0, 0.05) is 22.4 Å². The second-order valence-corrected chi connectivity index (χ2v) is 8.65. The van der Waals surface area contributed by atoms with Gasteiger partial charge in [-0.3, -0.25) is 4.79 Å². The molecule has 3 aliphatic heterocycles. The second kappa shape index (κ2) is 5.74. The molecule has 0 radical (unpaired) electrons. The Balaban J connectivity index is 1.75. The number of amides is 1. The Bertz CT molecular complexity index is 984. The van der Waals surface area contributed by atoms with Crippen molar-refractivity contribution >= 4 is 17.3 Å². The van der Waals surface area contributed by atoms with E-state index in [-0.39, 0.29) is 11.4 Å². The number of nitrogens with one attached hydrogen (secondary N) is 1. The van der Waals surface area contributed by atoms with E-state index in [1.165, 1.54) is 0 Å². The fourth-order valence-electron chi connectivity index (χ4n) is 5.12.